The number of rotatable bonds is 5. The van der Waals surface area contributed by atoms with Crippen LogP contribution >= 0.6 is 15.2 Å². The van der Waals surface area contributed by atoms with Crippen LogP contribution in [0.2, 0.25) is 0 Å². The van der Waals surface area contributed by atoms with E-state index in [9.17, 15) is 9.13 Å². The van der Waals surface area contributed by atoms with Crippen molar-refractivity contribution in [1.82, 2.24) is 0 Å². The Morgan fingerprint density at radius 1 is 1.00 bits per heavy atom. The van der Waals surface area contributed by atoms with Crippen LogP contribution < -0.4 is 0 Å². The van der Waals surface area contributed by atoms with Crippen LogP contribution in [0.4, 0.5) is 0 Å². The van der Waals surface area contributed by atoms with Crippen molar-refractivity contribution in [3.05, 3.63) is 0 Å². The second-order valence-electron chi connectivity index (χ2n) is 2.52. The second-order valence-corrected chi connectivity index (χ2v) is 6.54. The summed E-state index contributed by atoms with van der Waals surface area (Å²) >= 11 is 0. The fourth-order valence-electron chi connectivity index (χ4n) is 0.806. The minimum Gasteiger partial charge on any atom is -0.396 e. The van der Waals surface area contributed by atoms with E-state index in [-0.39, 0.29) is 13.0 Å². The van der Waals surface area contributed by atoms with Gasteiger partial charge in [0, 0.05) is 6.61 Å². The predicted molar refractivity (Wildman–Crippen MR) is 44.2 cm³/mol. The van der Waals surface area contributed by atoms with E-state index in [0.29, 0.717) is 0 Å². The van der Waals surface area contributed by atoms with Crippen LogP contribution in [0.3, 0.4) is 0 Å². The zero-order chi connectivity index (χ0) is 10.7. The van der Waals surface area contributed by atoms with Crippen LogP contribution in [0.25, 0.3) is 0 Å². The first-order chi connectivity index (χ1) is 5.69. The molecule has 0 aromatic rings. The average molecular weight is 234 g/mol. The Hall–Kier alpha value is 0.260. The third-order valence-electron chi connectivity index (χ3n) is 1.40. The Balaban J connectivity index is 4.59. The van der Waals surface area contributed by atoms with Gasteiger partial charge in [0.15, 0.2) is 5.40 Å². The molecule has 0 aliphatic carbocycles. The fraction of sp³-hybridized carbons (Fsp3) is 1.00. The van der Waals surface area contributed by atoms with Crippen molar-refractivity contribution in [3.63, 3.8) is 0 Å². The van der Waals surface area contributed by atoms with Gasteiger partial charge in [0.05, 0.1) is 0 Å². The van der Waals surface area contributed by atoms with Crippen molar-refractivity contribution in [2.75, 3.05) is 6.61 Å². The molecule has 0 aromatic carbocycles. The van der Waals surface area contributed by atoms with Crippen molar-refractivity contribution in [1.29, 1.82) is 0 Å². The van der Waals surface area contributed by atoms with Gasteiger partial charge in [-0.1, -0.05) is 0 Å². The average Bonchev–Trinajstić information content (AvgIpc) is 1.81. The highest BCUT2D eigenvalue weighted by Gasteiger charge is 2.42. The van der Waals surface area contributed by atoms with E-state index in [4.69, 9.17) is 24.7 Å². The van der Waals surface area contributed by atoms with E-state index in [1.807, 2.05) is 0 Å². The van der Waals surface area contributed by atoms with Crippen LogP contribution in [0.5, 0.6) is 0 Å². The first-order valence-electron chi connectivity index (χ1n) is 3.41. The molecule has 0 amide bonds. The molecule has 0 aromatic heterocycles. The molecule has 0 saturated heterocycles. The van der Waals surface area contributed by atoms with E-state index < -0.39 is 27.0 Å². The van der Waals surface area contributed by atoms with Gasteiger partial charge in [-0.05, 0) is 12.8 Å². The predicted octanol–water partition coefficient (Wildman–Crippen LogP) is -0.560. The third-order valence-corrected chi connectivity index (χ3v) is 5.27. The summed E-state index contributed by atoms with van der Waals surface area (Å²) in [5.41, 5.74) is 0. The summed E-state index contributed by atoms with van der Waals surface area (Å²) in [6.07, 6.45) is -0.452. The Morgan fingerprint density at radius 3 is 1.62 bits per heavy atom. The molecule has 5 N–H and O–H groups in total. The molecule has 0 unspecified atom stereocenters. The molecule has 0 fully saturated rings. The molecule has 0 radical (unpaired) electrons. The molecule has 80 valence electrons. The lowest BCUT2D eigenvalue weighted by Crippen LogP contribution is -2.09. The number of hydrogen-bond donors (Lipinski definition) is 5. The highest BCUT2D eigenvalue weighted by molar-refractivity contribution is 7.70. The molecule has 0 aliphatic heterocycles. The molecule has 7 nitrogen and oxygen atoms in total. The monoisotopic (exact) mass is 234 g/mol. The minimum absolute atomic E-state index is 0.0547. The molecule has 0 atom stereocenters. The largest absolute Gasteiger partial charge is 0.396 e. The van der Waals surface area contributed by atoms with Gasteiger partial charge < -0.3 is 24.7 Å². The van der Waals surface area contributed by atoms with Gasteiger partial charge >= 0.3 is 15.2 Å². The molecule has 13 heavy (non-hydrogen) atoms. The number of hydrogen-bond acceptors (Lipinski definition) is 3. The standard InChI is InChI=1S/C4H12O7P2/c5-3-1-2-4(12(6,7)8)13(9,10)11/h4-5H,1-3H2,(H2,6,7,8)(H2,9,10,11). The van der Waals surface area contributed by atoms with Gasteiger partial charge in [0.1, 0.15) is 0 Å². The molecule has 9 heteroatoms. The summed E-state index contributed by atoms with van der Waals surface area (Å²) < 4.78 is 21.2. The van der Waals surface area contributed by atoms with Gasteiger partial charge in [-0.15, -0.1) is 0 Å². The van der Waals surface area contributed by atoms with Crippen molar-refractivity contribution in [2.24, 2.45) is 0 Å². The van der Waals surface area contributed by atoms with Crippen molar-refractivity contribution in [2.45, 2.75) is 18.2 Å². The summed E-state index contributed by atoms with van der Waals surface area (Å²) in [5, 5.41) is 6.35. The van der Waals surface area contributed by atoms with Gasteiger partial charge in [-0.2, -0.15) is 0 Å². The number of aliphatic hydroxyl groups excluding tert-OH is 1. The SMILES string of the molecule is O=P(O)(O)C(CCCO)P(=O)(O)O. The molecule has 0 heterocycles. The second kappa shape index (κ2) is 4.66. The zero-order valence-electron chi connectivity index (χ0n) is 6.65. The quantitative estimate of drug-likeness (QED) is 0.402. The number of aliphatic hydroxyl groups is 1. The fourth-order valence-corrected chi connectivity index (χ4v) is 3.41. The van der Waals surface area contributed by atoms with Gasteiger partial charge in [0.2, 0.25) is 0 Å². The first kappa shape index (κ1) is 13.3. The van der Waals surface area contributed by atoms with E-state index in [1.54, 1.807) is 0 Å². The summed E-state index contributed by atoms with van der Waals surface area (Å²) in [6, 6.07) is 0. The van der Waals surface area contributed by atoms with Crippen molar-refractivity contribution in [3.8, 4) is 0 Å². The van der Waals surface area contributed by atoms with Crippen LogP contribution in [0, 0.1) is 0 Å². The molecular formula is C4H12O7P2. The molecular weight excluding hydrogens is 222 g/mol. The Morgan fingerprint density at radius 2 is 1.38 bits per heavy atom. The van der Waals surface area contributed by atoms with E-state index in [1.165, 1.54) is 0 Å². The van der Waals surface area contributed by atoms with Gasteiger partial charge in [0.25, 0.3) is 0 Å². The van der Waals surface area contributed by atoms with Crippen molar-refractivity contribution < 1.29 is 33.8 Å². The van der Waals surface area contributed by atoms with E-state index in [2.05, 4.69) is 0 Å². The van der Waals surface area contributed by atoms with Crippen molar-refractivity contribution >= 4 is 15.2 Å². The lowest BCUT2D eigenvalue weighted by molar-refractivity contribution is 0.279. The van der Waals surface area contributed by atoms with E-state index >= 15 is 0 Å². The molecule has 0 spiro atoms. The van der Waals surface area contributed by atoms with E-state index in [0.717, 1.165) is 0 Å². The first-order valence-corrected chi connectivity index (χ1v) is 6.77. The maximum atomic E-state index is 10.6. The third kappa shape index (κ3) is 4.88. The summed E-state index contributed by atoms with van der Waals surface area (Å²) in [5.74, 6) is 0. The Kier molecular flexibility index (Phi) is 4.76. The highest BCUT2D eigenvalue weighted by atomic mass is 31.2. The molecule has 0 saturated carbocycles. The van der Waals surface area contributed by atoms with Crippen LogP contribution in [-0.4, -0.2) is 36.7 Å². The lowest BCUT2D eigenvalue weighted by Gasteiger charge is -2.18. The molecule has 0 bridgehead atoms. The van der Waals surface area contributed by atoms with Gasteiger partial charge in [-0.25, -0.2) is 0 Å². The van der Waals surface area contributed by atoms with Crippen LogP contribution in [-0.2, 0) is 9.13 Å². The Labute approximate surface area is 74.7 Å². The highest BCUT2D eigenvalue weighted by Crippen LogP contribution is 2.61. The summed E-state index contributed by atoms with van der Waals surface area (Å²) in [6.45, 7) is -0.365. The molecule has 0 rings (SSSR count). The van der Waals surface area contributed by atoms with Gasteiger partial charge in [-0.3, -0.25) is 9.13 Å². The molecule has 0 aliphatic rings. The Bertz CT molecular complexity index is 217. The van der Waals surface area contributed by atoms with Crippen LogP contribution in [0.15, 0.2) is 0 Å². The minimum atomic E-state index is -4.80. The topological polar surface area (TPSA) is 135 Å². The maximum absolute atomic E-state index is 10.6. The summed E-state index contributed by atoms with van der Waals surface area (Å²) in [4.78, 5) is 34.3. The zero-order valence-corrected chi connectivity index (χ0v) is 8.43. The van der Waals surface area contributed by atoms with Crippen LogP contribution in [0.1, 0.15) is 12.8 Å². The lowest BCUT2D eigenvalue weighted by atomic mass is 10.4. The smallest absolute Gasteiger partial charge is 0.340 e. The normalized spacial score (nSPS) is 13.7. The maximum Gasteiger partial charge on any atom is 0.340 e. The summed E-state index contributed by atoms with van der Waals surface area (Å²) in [7, 11) is -9.60.